The van der Waals surface area contributed by atoms with Crippen LogP contribution in [0.2, 0.25) is 0 Å². The van der Waals surface area contributed by atoms with Crippen molar-refractivity contribution in [2.45, 2.75) is 51.0 Å². The van der Waals surface area contributed by atoms with Crippen LogP contribution in [0.1, 0.15) is 49.7 Å². The molecule has 3 aliphatic carbocycles. The standard InChI is InChI=1S/C18H23NO3/c1-18-7-6-13-12-5-3-11(20)8-10(12)2-4-14(13)15(18)9-16(19-22)17(18)21/h3,5,8,13-15,17,20-22H,2,4,6-7,9H2,1H3/b19-16+. The summed E-state index contributed by atoms with van der Waals surface area (Å²) in [6.45, 7) is 2.16. The van der Waals surface area contributed by atoms with Crippen molar-refractivity contribution in [3.8, 4) is 5.75 Å². The van der Waals surface area contributed by atoms with Crippen LogP contribution in [0.15, 0.2) is 23.4 Å². The van der Waals surface area contributed by atoms with Gasteiger partial charge in [-0.1, -0.05) is 18.1 Å². The van der Waals surface area contributed by atoms with Crippen molar-refractivity contribution in [2.75, 3.05) is 0 Å². The number of phenols is 1. The quantitative estimate of drug-likeness (QED) is 0.509. The van der Waals surface area contributed by atoms with Gasteiger partial charge < -0.3 is 15.4 Å². The second-order valence-electron chi connectivity index (χ2n) is 7.54. The zero-order valence-corrected chi connectivity index (χ0v) is 12.9. The summed E-state index contributed by atoms with van der Waals surface area (Å²) in [5, 5.41) is 32.8. The molecule has 0 aromatic heterocycles. The lowest BCUT2D eigenvalue weighted by atomic mass is 9.55. The molecule has 0 spiro atoms. The van der Waals surface area contributed by atoms with Crippen LogP contribution in [0.25, 0.3) is 0 Å². The SMILES string of the molecule is CC12CCC3c4ccc(O)cc4CCC3C1C/C(=N\O)C2O. The third-order valence-electron chi connectivity index (χ3n) is 6.65. The maximum Gasteiger partial charge on any atom is 0.115 e. The number of phenolic OH excluding ortho intramolecular Hbond substituents is 1. The van der Waals surface area contributed by atoms with Gasteiger partial charge in [-0.3, -0.25) is 0 Å². The zero-order chi connectivity index (χ0) is 15.5. The average Bonchev–Trinajstić information content (AvgIpc) is 2.78. The van der Waals surface area contributed by atoms with Gasteiger partial charge >= 0.3 is 0 Å². The predicted octanol–water partition coefficient (Wildman–Crippen LogP) is 3.05. The van der Waals surface area contributed by atoms with Crippen LogP contribution >= 0.6 is 0 Å². The lowest BCUT2D eigenvalue weighted by Gasteiger charge is -2.49. The molecule has 4 nitrogen and oxygen atoms in total. The molecule has 4 heteroatoms. The Labute approximate surface area is 130 Å². The summed E-state index contributed by atoms with van der Waals surface area (Å²) in [6.07, 6.45) is 4.20. The van der Waals surface area contributed by atoms with Crippen LogP contribution in [0.3, 0.4) is 0 Å². The molecular weight excluding hydrogens is 278 g/mol. The predicted molar refractivity (Wildman–Crippen MR) is 83.3 cm³/mol. The second kappa shape index (κ2) is 4.72. The highest BCUT2D eigenvalue weighted by Crippen LogP contribution is 2.60. The van der Waals surface area contributed by atoms with E-state index in [1.54, 1.807) is 6.07 Å². The van der Waals surface area contributed by atoms with Gasteiger partial charge in [-0.05, 0) is 73.1 Å². The molecule has 0 bridgehead atoms. The van der Waals surface area contributed by atoms with Gasteiger partial charge in [0.1, 0.15) is 11.9 Å². The van der Waals surface area contributed by atoms with Gasteiger partial charge in [-0.25, -0.2) is 0 Å². The monoisotopic (exact) mass is 301 g/mol. The first-order valence-corrected chi connectivity index (χ1v) is 8.25. The van der Waals surface area contributed by atoms with E-state index < -0.39 is 6.10 Å². The van der Waals surface area contributed by atoms with Crippen LogP contribution in [-0.2, 0) is 6.42 Å². The first-order valence-electron chi connectivity index (χ1n) is 8.25. The van der Waals surface area contributed by atoms with E-state index in [1.807, 2.05) is 6.07 Å². The Hall–Kier alpha value is -1.55. The van der Waals surface area contributed by atoms with Crippen LogP contribution in [0.5, 0.6) is 5.75 Å². The number of fused-ring (bicyclic) bond motifs is 5. The van der Waals surface area contributed by atoms with Crippen molar-refractivity contribution in [1.82, 2.24) is 0 Å². The number of nitrogens with zero attached hydrogens (tertiary/aromatic N) is 1. The minimum absolute atomic E-state index is 0.156. The highest BCUT2D eigenvalue weighted by Gasteiger charge is 2.57. The van der Waals surface area contributed by atoms with E-state index in [4.69, 9.17) is 0 Å². The van der Waals surface area contributed by atoms with E-state index >= 15 is 0 Å². The van der Waals surface area contributed by atoms with Crippen LogP contribution in [-0.4, -0.2) is 27.2 Å². The van der Waals surface area contributed by atoms with E-state index in [2.05, 4.69) is 18.1 Å². The number of oxime groups is 1. The summed E-state index contributed by atoms with van der Waals surface area (Å²) in [6, 6.07) is 5.78. The molecular formula is C18H23NO3. The van der Waals surface area contributed by atoms with Crippen molar-refractivity contribution in [3.63, 3.8) is 0 Å². The molecule has 22 heavy (non-hydrogen) atoms. The number of aliphatic hydroxyl groups excluding tert-OH is 1. The Morgan fingerprint density at radius 2 is 2.09 bits per heavy atom. The zero-order valence-electron chi connectivity index (χ0n) is 12.9. The largest absolute Gasteiger partial charge is 0.508 e. The Balaban J connectivity index is 1.72. The maximum atomic E-state index is 10.5. The third kappa shape index (κ3) is 1.76. The summed E-state index contributed by atoms with van der Waals surface area (Å²) in [5.74, 6) is 1.77. The molecule has 1 aromatic rings. The number of aromatic hydroxyl groups is 1. The van der Waals surface area contributed by atoms with Gasteiger partial charge in [0.05, 0.1) is 5.71 Å². The lowest BCUT2D eigenvalue weighted by Crippen LogP contribution is -2.44. The molecule has 3 aliphatic rings. The number of hydrogen-bond donors (Lipinski definition) is 3. The number of benzene rings is 1. The lowest BCUT2D eigenvalue weighted by molar-refractivity contribution is -0.0121. The van der Waals surface area contributed by atoms with E-state index in [-0.39, 0.29) is 5.41 Å². The van der Waals surface area contributed by atoms with Crippen LogP contribution in [0, 0.1) is 17.3 Å². The van der Waals surface area contributed by atoms with Crippen molar-refractivity contribution < 1.29 is 15.4 Å². The third-order valence-corrected chi connectivity index (χ3v) is 6.65. The molecule has 2 fully saturated rings. The first kappa shape index (κ1) is 14.1. The summed E-state index contributed by atoms with van der Waals surface area (Å²) in [7, 11) is 0. The van der Waals surface area contributed by atoms with Crippen molar-refractivity contribution in [2.24, 2.45) is 22.4 Å². The molecule has 5 unspecified atom stereocenters. The Morgan fingerprint density at radius 3 is 2.86 bits per heavy atom. The molecule has 5 atom stereocenters. The molecule has 3 N–H and O–H groups in total. The molecule has 0 heterocycles. The molecule has 0 radical (unpaired) electrons. The fourth-order valence-corrected chi connectivity index (χ4v) is 5.45. The molecule has 0 amide bonds. The van der Waals surface area contributed by atoms with E-state index in [1.165, 1.54) is 11.1 Å². The van der Waals surface area contributed by atoms with Crippen LogP contribution in [0.4, 0.5) is 0 Å². The smallest absolute Gasteiger partial charge is 0.115 e. The highest BCUT2D eigenvalue weighted by molar-refractivity contribution is 5.91. The minimum atomic E-state index is -0.607. The average molecular weight is 301 g/mol. The fourth-order valence-electron chi connectivity index (χ4n) is 5.45. The normalized spacial score (nSPS) is 41.8. The summed E-state index contributed by atoms with van der Waals surface area (Å²) in [4.78, 5) is 0. The van der Waals surface area contributed by atoms with Gasteiger partial charge in [0.25, 0.3) is 0 Å². The Kier molecular flexibility index (Phi) is 3.02. The maximum absolute atomic E-state index is 10.5. The van der Waals surface area contributed by atoms with Gasteiger partial charge in [-0.2, -0.15) is 0 Å². The molecule has 1 aromatic carbocycles. The van der Waals surface area contributed by atoms with Gasteiger partial charge in [0.2, 0.25) is 0 Å². The van der Waals surface area contributed by atoms with Crippen LogP contribution < -0.4 is 0 Å². The highest BCUT2D eigenvalue weighted by atomic mass is 16.4. The fraction of sp³-hybridized carbons (Fsp3) is 0.611. The number of rotatable bonds is 0. The van der Waals surface area contributed by atoms with Crippen molar-refractivity contribution in [1.29, 1.82) is 0 Å². The summed E-state index contributed by atoms with van der Waals surface area (Å²) in [5.41, 5.74) is 3.06. The molecule has 0 saturated heterocycles. The van der Waals surface area contributed by atoms with Crippen molar-refractivity contribution >= 4 is 5.71 Å². The number of aliphatic hydroxyl groups is 1. The topological polar surface area (TPSA) is 73.1 Å². The molecule has 118 valence electrons. The van der Waals surface area contributed by atoms with Crippen molar-refractivity contribution in [3.05, 3.63) is 29.3 Å². The second-order valence-corrected chi connectivity index (χ2v) is 7.54. The number of hydrogen-bond acceptors (Lipinski definition) is 4. The summed E-state index contributed by atoms with van der Waals surface area (Å²) >= 11 is 0. The Bertz CT molecular complexity index is 641. The van der Waals surface area contributed by atoms with Gasteiger partial charge in [-0.15, -0.1) is 0 Å². The van der Waals surface area contributed by atoms with Gasteiger partial charge in [0, 0.05) is 5.41 Å². The van der Waals surface area contributed by atoms with E-state index in [0.29, 0.717) is 35.6 Å². The first-order chi connectivity index (χ1) is 10.5. The van der Waals surface area contributed by atoms with E-state index in [9.17, 15) is 15.4 Å². The summed E-state index contributed by atoms with van der Waals surface area (Å²) < 4.78 is 0. The minimum Gasteiger partial charge on any atom is -0.508 e. The Morgan fingerprint density at radius 1 is 1.27 bits per heavy atom. The number of aryl methyl sites for hydroxylation is 1. The molecule has 2 saturated carbocycles. The molecule has 0 aliphatic heterocycles. The van der Waals surface area contributed by atoms with E-state index in [0.717, 1.165) is 25.7 Å². The van der Waals surface area contributed by atoms with Gasteiger partial charge in [0.15, 0.2) is 0 Å². The molecule has 4 rings (SSSR count).